The molecule has 156 valence electrons. The summed E-state index contributed by atoms with van der Waals surface area (Å²) in [6, 6.07) is 9.48. The normalized spacial score (nSPS) is 16.5. The molecule has 1 saturated heterocycles. The van der Waals surface area contributed by atoms with Crippen molar-refractivity contribution in [2.75, 3.05) is 13.1 Å². The fourth-order valence-corrected chi connectivity index (χ4v) is 4.72. The molecule has 3 rings (SSSR count). The van der Waals surface area contributed by atoms with Gasteiger partial charge in [0, 0.05) is 25.2 Å². The molecule has 9 heteroatoms. The monoisotopic (exact) mass is 418 g/mol. The number of sulfonamides is 1. The third kappa shape index (κ3) is 4.91. The lowest BCUT2D eigenvalue weighted by Crippen LogP contribution is -2.46. The smallest absolute Gasteiger partial charge is 0.271 e. The van der Waals surface area contributed by atoms with Crippen molar-refractivity contribution in [2.24, 2.45) is 0 Å². The molecule has 1 aliphatic heterocycles. The molecule has 1 amide bonds. The second-order valence-corrected chi connectivity index (χ2v) is 10.2. The fraction of sp³-hybridized carbons (Fsp3) is 0.450. The number of nitrogens with zero attached hydrogens (tertiary/aromatic N) is 2. The number of H-pyrrole nitrogens is 1. The molecule has 8 nitrogen and oxygen atoms in total. The Morgan fingerprint density at radius 2 is 1.72 bits per heavy atom. The Kier molecular flexibility index (Phi) is 5.90. The maximum atomic E-state index is 12.9. The van der Waals surface area contributed by atoms with Crippen LogP contribution in [0.4, 0.5) is 0 Å². The van der Waals surface area contributed by atoms with E-state index < -0.39 is 10.0 Å². The number of amides is 1. The molecule has 0 bridgehead atoms. The first-order chi connectivity index (χ1) is 13.6. The zero-order chi connectivity index (χ0) is 21.2. The third-order valence-corrected chi connectivity index (χ3v) is 6.97. The van der Waals surface area contributed by atoms with Gasteiger partial charge < -0.3 is 5.32 Å². The highest BCUT2D eigenvalue weighted by atomic mass is 32.2. The molecule has 2 N–H and O–H groups in total. The molecular formula is C20H26N4O4S. The van der Waals surface area contributed by atoms with Gasteiger partial charge in [-0.05, 0) is 42.0 Å². The Morgan fingerprint density at radius 1 is 1.10 bits per heavy atom. The Labute approximate surface area is 170 Å². The van der Waals surface area contributed by atoms with Crippen molar-refractivity contribution in [1.82, 2.24) is 19.8 Å². The number of carbonyl (C=O) groups excluding carboxylic acids is 1. The number of aromatic nitrogens is 2. The first-order valence-corrected chi connectivity index (χ1v) is 11.0. The highest BCUT2D eigenvalue weighted by molar-refractivity contribution is 7.89. The molecular weight excluding hydrogens is 392 g/mol. The standard InChI is InChI=1S/C20H26N4O4S/c1-20(2,3)14-4-6-16(7-5-14)29(27,28)24-12-10-15(11-13-24)21-19(26)17-8-9-18(25)23-22-17/h4-9,15H,10-13H2,1-3H3,(H,21,26)(H,23,25). The van der Waals surface area contributed by atoms with Crippen molar-refractivity contribution in [2.45, 2.75) is 50.0 Å². The van der Waals surface area contributed by atoms with Crippen LogP contribution in [-0.2, 0) is 15.4 Å². The summed E-state index contributed by atoms with van der Waals surface area (Å²) in [5.74, 6) is -0.389. The highest BCUT2D eigenvalue weighted by Crippen LogP contribution is 2.26. The highest BCUT2D eigenvalue weighted by Gasteiger charge is 2.30. The number of aromatic amines is 1. The molecule has 0 unspecified atom stereocenters. The van der Waals surface area contributed by atoms with Gasteiger partial charge in [-0.3, -0.25) is 9.59 Å². The van der Waals surface area contributed by atoms with Gasteiger partial charge in [0.1, 0.15) is 5.69 Å². The Bertz CT molecular complexity index is 1010. The topological polar surface area (TPSA) is 112 Å². The van der Waals surface area contributed by atoms with Gasteiger partial charge in [-0.25, -0.2) is 13.5 Å². The second-order valence-electron chi connectivity index (χ2n) is 8.23. The van der Waals surface area contributed by atoms with E-state index in [0.29, 0.717) is 25.9 Å². The van der Waals surface area contributed by atoms with E-state index in [-0.39, 0.29) is 33.5 Å². The minimum Gasteiger partial charge on any atom is -0.348 e. The van der Waals surface area contributed by atoms with Crippen LogP contribution < -0.4 is 10.9 Å². The third-order valence-electron chi connectivity index (χ3n) is 5.06. The summed E-state index contributed by atoms with van der Waals surface area (Å²) in [5, 5.41) is 8.77. The molecule has 0 atom stereocenters. The van der Waals surface area contributed by atoms with Crippen LogP contribution >= 0.6 is 0 Å². The average Bonchev–Trinajstić information content (AvgIpc) is 2.68. The van der Waals surface area contributed by atoms with Crippen LogP contribution in [0.1, 0.15) is 49.7 Å². The first-order valence-electron chi connectivity index (χ1n) is 9.55. The maximum Gasteiger partial charge on any atom is 0.271 e. The van der Waals surface area contributed by atoms with Crippen molar-refractivity contribution in [3.63, 3.8) is 0 Å². The van der Waals surface area contributed by atoms with Crippen LogP contribution in [0.25, 0.3) is 0 Å². The van der Waals surface area contributed by atoms with Gasteiger partial charge in [-0.1, -0.05) is 32.9 Å². The van der Waals surface area contributed by atoms with Crippen molar-refractivity contribution in [3.05, 3.63) is 58.0 Å². The van der Waals surface area contributed by atoms with Gasteiger partial charge in [0.2, 0.25) is 10.0 Å². The van der Waals surface area contributed by atoms with Crippen LogP contribution in [-0.4, -0.2) is 48.0 Å². The number of hydrogen-bond acceptors (Lipinski definition) is 5. The summed E-state index contributed by atoms with van der Waals surface area (Å²) >= 11 is 0. The van der Waals surface area contributed by atoms with Crippen LogP contribution in [0.2, 0.25) is 0 Å². The lowest BCUT2D eigenvalue weighted by atomic mass is 9.87. The zero-order valence-corrected chi connectivity index (χ0v) is 17.6. The van der Waals surface area contributed by atoms with E-state index in [4.69, 9.17) is 0 Å². The van der Waals surface area contributed by atoms with Gasteiger partial charge in [0.15, 0.2) is 0 Å². The van der Waals surface area contributed by atoms with Gasteiger partial charge in [-0.2, -0.15) is 9.40 Å². The number of rotatable bonds is 4. The molecule has 0 aliphatic carbocycles. The molecule has 0 radical (unpaired) electrons. The molecule has 29 heavy (non-hydrogen) atoms. The predicted octanol–water partition coefficient (Wildman–Crippen LogP) is 1.65. The van der Waals surface area contributed by atoms with Crippen molar-refractivity contribution in [1.29, 1.82) is 0 Å². The minimum atomic E-state index is -3.56. The Morgan fingerprint density at radius 3 is 2.24 bits per heavy atom. The summed E-state index contributed by atoms with van der Waals surface area (Å²) in [6.07, 6.45) is 1.02. The zero-order valence-electron chi connectivity index (χ0n) is 16.8. The van der Waals surface area contributed by atoms with Crippen LogP contribution in [0.5, 0.6) is 0 Å². The van der Waals surface area contributed by atoms with E-state index >= 15 is 0 Å². The van der Waals surface area contributed by atoms with E-state index in [1.165, 1.54) is 16.4 Å². The summed E-state index contributed by atoms with van der Waals surface area (Å²) in [7, 11) is -3.56. The SMILES string of the molecule is CC(C)(C)c1ccc(S(=O)(=O)N2CCC(NC(=O)c3ccc(=O)[nH]n3)CC2)cc1. The van der Waals surface area contributed by atoms with Crippen molar-refractivity contribution < 1.29 is 13.2 Å². The lowest BCUT2D eigenvalue weighted by molar-refractivity contribution is 0.0917. The van der Waals surface area contributed by atoms with E-state index in [1.54, 1.807) is 12.1 Å². The van der Waals surface area contributed by atoms with Gasteiger partial charge in [0.25, 0.3) is 11.5 Å². The van der Waals surface area contributed by atoms with E-state index in [0.717, 1.165) is 5.56 Å². The maximum absolute atomic E-state index is 12.9. The van der Waals surface area contributed by atoms with Gasteiger partial charge in [-0.15, -0.1) is 0 Å². The Balaban J connectivity index is 1.61. The van der Waals surface area contributed by atoms with Crippen LogP contribution in [0.3, 0.4) is 0 Å². The summed E-state index contributed by atoms with van der Waals surface area (Å²) < 4.78 is 27.3. The Hall–Kier alpha value is -2.52. The van der Waals surface area contributed by atoms with E-state index in [1.807, 2.05) is 12.1 Å². The lowest BCUT2D eigenvalue weighted by Gasteiger charge is -2.31. The summed E-state index contributed by atoms with van der Waals surface area (Å²) in [6.45, 7) is 6.90. The fourth-order valence-electron chi connectivity index (χ4n) is 3.25. The van der Waals surface area contributed by atoms with Crippen molar-refractivity contribution in [3.8, 4) is 0 Å². The quantitative estimate of drug-likeness (QED) is 0.784. The number of benzene rings is 1. The molecule has 0 saturated carbocycles. The molecule has 1 aromatic heterocycles. The summed E-state index contributed by atoms with van der Waals surface area (Å²) in [5.41, 5.74) is 0.780. The largest absolute Gasteiger partial charge is 0.348 e. The molecule has 1 fully saturated rings. The molecule has 1 aromatic carbocycles. The van der Waals surface area contributed by atoms with Crippen LogP contribution in [0.15, 0.2) is 46.1 Å². The number of carbonyl (C=O) groups is 1. The molecule has 0 spiro atoms. The average molecular weight is 419 g/mol. The van der Waals surface area contributed by atoms with E-state index in [2.05, 4.69) is 36.3 Å². The van der Waals surface area contributed by atoms with Gasteiger partial charge in [0.05, 0.1) is 4.90 Å². The first kappa shape index (κ1) is 21.2. The van der Waals surface area contributed by atoms with Crippen LogP contribution in [0, 0.1) is 0 Å². The summed E-state index contributed by atoms with van der Waals surface area (Å²) in [4.78, 5) is 23.5. The molecule has 2 aromatic rings. The molecule has 1 aliphatic rings. The minimum absolute atomic E-state index is 0.0422. The van der Waals surface area contributed by atoms with Gasteiger partial charge >= 0.3 is 0 Å². The molecule has 2 heterocycles. The second kappa shape index (κ2) is 8.08. The number of nitrogens with one attached hydrogen (secondary N) is 2. The number of piperidine rings is 1. The van der Waals surface area contributed by atoms with Crippen molar-refractivity contribution >= 4 is 15.9 Å². The predicted molar refractivity (Wildman–Crippen MR) is 109 cm³/mol. The number of hydrogen-bond donors (Lipinski definition) is 2. The van der Waals surface area contributed by atoms with E-state index in [9.17, 15) is 18.0 Å².